The smallest absolute Gasteiger partial charge is 0.260 e. The van der Waals surface area contributed by atoms with Crippen LogP contribution in [0.5, 0.6) is 11.5 Å². The molecule has 1 aliphatic rings. The second-order valence-corrected chi connectivity index (χ2v) is 6.82. The first-order valence-electron chi connectivity index (χ1n) is 9.20. The maximum atomic E-state index is 15.2. The number of halogens is 2. The molecule has 3 aromatic rings. The van der Waals surface area contributed by atoms with E-state index in [9.17, 15) is 4.39 Å². The van der Waals surface area contributed by atoms with E-state index in [-0.39, 0.29) is 23.1 Å². The first-order chi connectivity index (χ1) is 13.6. The van der Waals surface area contributed by atoms with E-state index in [2.05, 4.69) is 10.1 Å². The van der Waals surface area contributed by atoms with Gasteiger partial charge in [-0.1, -0.05) is 11.2 Å². The topological polar surface area (TPSA) is 57.4 Å². The zero-order valence-corrected chi connectivity index (χ0v) is 15.7. The molecule has 2 aromatic carbocycles. The van der Waals surface area contributed by atoms with Gasteiger partial charge in [0.15, 0.2) is 17.3 Å². The Kier molecular flexibility index (Phi) is 4.98. The minimum Gasteiger partial charge on any atom is -0.493 e. The molecule has 1 aromatic heterocycles. The normalized spacial score (nSPS) is 14.4. The molecule has 1 aliphatic carbocycles. The number of rotatable bonds is 5. The SMILES string of the molecule is COc1ccc(-c2c(F)ccc(-c3nc(C)no3)c2F)cc1OC1CCCC1. The molecule has 0 unspecified atom stereocenters. The molecule has 0 aliphatic heterocycles. The summed E-state index contributed by atoms with van der Waals surface area (Å²) in [4.78, 5) is 4.03. The van der Waals surface area contributed by atoms with Crippen LogP contribution < -0.4 is 9.47 Å². The predicted molar refractivity (Wildman–Crippen MR) is 99.3 cm³/mol. The zero-order valence-electron chi connectivity index (χ0n) is 15.7. The van der Waals surface area contributed by atoms with Gasteiger partial charge in [-0.2, -0.15) is 4.98 Å². The highest BCUT2D eigenvalue weighted by atomic mass is 19.1. The van der Waals surface area contributed by atoms with Crippen molar-refractivity contribution in [3.8, 4) is 34.1 Å². The number of ether oxygens (including phenoxy) is 2. The molecule has 0 atom stereocenters. The van der Waals surface area contributed by atoms with Gasteiger partial charge >= 0.3 is 0 Å². The monoisotopic (exact) mass is 386 g/mol. The van der Waals surface area contributed by atoms with Gasteiger partial charge in [-0.05, 0) is 62.4 Å². The minimum atomic E-state index is -0.763. The lowest BCUT2D eigenvalue weighted by molar-refractivity contribution is 0.201. The Morgan fingerprint density at radius 1 is 1.07 bits per heavy atom. The number of hydrogen-bond acceptors (Lipinski definition) is 5. The maximum Gasteiger partial charge on any atom is 0.260 e. The zero-order chi connectivity index (χ0) is 19.7. The van der Waals surface area contributed by atoms with Crippen LogP contribution in [0.25, 0.3) is 22.6 Å². The van der Waals surface area contributed by atoms with E-state index in [0.717, 1.165) is 25.7 Å². The lowest BCUT2D eigenvalue weighted by atomic mass is 10.0. The summed E-state index contributed by atoms with van der Waals surface area (Å²) in [5, 5.41) is 3.67. The Labute approximate surface area is 161 Å². The lowest BCUT2D eigenvalue weighted by Gasteiger charge is -2.17. The van der Waals surface area contributed by atoms with Gasteiger partial charge in [-0.15, -0.1) is 0 Å². The summed E-state index contributed by atoms with van der Waals surface area (Å²) in [6.45, 7) is 1.63. The van der Waals surface area contributed by atoms with Gasteiger partial charge < -0.3 is 14.0 Å². The second kappa shape index (κ2) is 7.58. The van der Waals surface area contributed by atoms with E-state index in [0.29, 0.717) is 22.9 Å². The number of benzene rings is 2. The first kappa shape index (κ1) is 18.4. The average Bonchev–Trinajstić information content (AvgIpc) is 3.34. The molecule has 146 valence electrons. The standard InChI is InChI=1S/C21H20F2N2O3/c1-12-24-21(28-25-12)15-8-9-16(22)19(20(15)23)13-7-10-17(26-2)18(11-13)27-14-5-3-4-6-14/h7-11,14H,3-6H2,1-2H3. The molecule has 0 spiro atoms. The highest BCUT2D eigenvalue weighted by Crippen LogP contribution is 2.38. The molecular formula is C21H20F2N2O3. The molecule has 0 radical (unpaired) electrons. The quantitative estimate of drug-likeness (QED) is 0.594. The van der Waals surface area contributed by atoms with Crippen molar-refractivity contribution in [2.24, 2.45) is 0 Å². The van der Waals surface area contributed by atoms with Gasteiger partial charge in [-0.3, -0.25) is 0 Å². The fraction of sp³-hybridized carbons (Fsp3) is 0.333. The highest BCUT2D eigenvalue weighted by Gasteiger charge is 2.23. The van der Waals surface area contributed by atoms with Crippen molar-refractivity contribution in [3.63, 3.8) is 0 Å². The van der Waals surface area contributed by atoms with Crippen molar-refractivity contribution < 1.29 is 22.8 Å². The molecule has 0 bridgehead atoms. The number of aromatic nitrogens is 2. The third kappa shape index (κ3) is 3.44. The molecule has 5 nitrogen and oxygen atoms in total. The minimum absolute atomic E-state index is 0.00666. The lowest BCUT2D eigenvalue weighted by Crippen LogP contribution is -2.11. The van der Waals surface area contributed by atoms with Gasteiger partial charge in [-0.25, -0.2) is 8.78 Å². The Hall–Kier alpha value is -2.96. The van der Waals surface area contributed by atoms with Crippen LogP contribution in [0.15, 0.2) is 34.9 Å². The molecule has 7 heteroatoms. The van der Waals surface area contributed by atoms with Gasteiger partial charge in [0, 0.05) is 0 Å². The summed E-state index contributed by atoms with van der Waals surface area (Å²) in [5.41, 5.74) is 0.222. The van der Waals surface area contributed by atoms with Crippen LogP contribution >= 0.6 is 0 Å². The van der Waals surface area contributed by atoms with Crippen molar-refractivity contribution >= 4 is 0 Å². The van der Waals surface area contributed by atoms with Crippen LogP contribution in [0, 0.1) is 18.6 Å². The fourth-order valence-corrected chi connectivity index (χ4v) is 3.50. The summed E-state index contributed by atoms with van der Waals surface area (Å²) in [7, 11) is 1.54. The molecular weight excluding hydrogens is 366 g/mol. The molecule has 0 N–H and O–H groups in total. The summed E-state index contributed by atoms with van der Waals surface area (Å²) in [6.07, 6.45) is 4.24. The van der Waals surface area contributed by atoms with E-state index in [1.54, 1.807) is 25.1 Å². The number of nitrogens with zero attached hydrogens (tertiary/aromatic N) is 2. The molecule has 0 saturated heterocycles. The average molecular weight is 386 g/mol. The summed E-state index contributed by atoms with van der Waals surface area (Å²) < 4.78 is 46.2. The van der Waals surface area contributed by atoms with Crippen LogP contribution in [0.1, 0.15) is 31.5 Å². The number of hydrogen-bond donors (Lipinski definition) is 0. The summed E-state index contributed by atoms with van der Waals surface area (Å²) in [5.74, 6) is -0.0656. The Morgan fingerprint density at radius 3 is 2.54 bits per heavy atom. The van der Waals surface area contributed by atoms with Crippen LogP contribution in [-0.4, -0.2) is 23.4 Å². The van der Waals surface area contributed by atoms with Crippen molar-refractivity contribution in [2.75, 3.05) is 7.11 Å². The molecule has 28 heavy (non-hydrogen) atoms. The van der Waals surface area contributed by atoms with Crippen LogP contribution in [0.3, 0.4) is 0 Å². The number of aryl methyl sites for hydroxylation is 1. The van der Waals surface area contributed by atoms with Crippen LogP contribution in [-0.2, 0) is 0 Å². The van der Waals surface area contributed by atoms with E-state index in [1.165, 1.54) is 19.2 Å². The predicted octanol–water partition coefficient (Wildman–Crippen LogP) is 5.32. The van der Waals surface area contributed by atoms with E-state index < -0.39 is 11.6 Å². The molecule has 1 saturated carbocycles. The van der Waals surface area contributed by atoms with E-state index in [4.69, 9.17) is 14.0 Å². The van der Waals surface area contributed by atoms with Crippen molar-refractivity contribution in [2.45, 2.75) is 38.7 Å². The third-order valence-electron chi connectivity index (χ3n) is 4.90. The van der Waals surface area contributed by atoms with Crippen molar-refractivity contribution in [3.05, 3.63) is 47.8 Å². The van der Waals surface area contributed by atoms with Crippen LogP contribution in [0.4, 0.5) is 8.78 Å². The van der Waals surface area contributed by atoms with Crippen molar-refractivity contribution in [1.29, 1.82) is 0 Å². The molecule has 1 fully saturated rings. The molecule has 0 amide bonds. The first-order valence-corrected chi connectivity index (χ1v) is 9.20. The second-order valence-electron chi connectivity index (χ2n) is 6.82. The highest BCUT2D eigenvalue weighted by molar-refractivity contribution is 5.73. The Morgan fingerprint density at radius 2 is 1.86 bits per heavy atom. The largest absolute Gasteiger partial charge is 0.493 e. The third-order valence-corrected chi connectivity index (χ3v) is 4.90. The Balaban J connectivity index is 1.77. The molecule has 4 rings (SSSR count). The summed E-state index contributed by atoms with van der Waals surface area (Å²) in [6, 6.07) is 7.35. The van der Waals surface area contributed by atoms with Crippen LogP contribution in [0.2, 0.25) is 0 Å². The van der Waals surface area contributed by atoms with E-state index in [1.807, 2.05) is 0 Å². The molecule has 1 heterocycles. The van der Waals surface area contributed by atoms with Gasteiger partial charge in [0.05, 0.1) is 24.3 Å². The maximum absolute atomic E-state index is 15.2. The van der Waals surface area contributed by atoms with Gasteiger partial charge in [0.25, 0.3) is 5.89 Å². The van der Waals surface area contributed by atoms with Crippen molar-refractivity contribution in [1.82, 2.24) is 10.1 Å². The Bertz CT molecular complexity index is 997. The summed E-state index contributed by atoms with van der Waals surface area (Å²) >= 11 is 0. The van der Waals surface area contributed by atoms with Gasteiger partial charge in [0.1, 0.15) is 11.6 Å². The fourth-order valence-electron chi connectivity index (χ4n) is 3.50. The van der Waals surface area contributed by atoms with E-state index >= 15 is 4.39 Å². The number of methoxy groups -OCH3 is 1. The van der Waals surface area contributed by atoms with Gasteiger partial charge in [0.2, 0.25) is 0 Å².